The number of amides is 2. The van der Waals surface area contributed by atoms with Gasteiger partial charge in [-0.05, 0) is 41.3 Å². The summed E-state index contributed by atoms with van der Waals surface area (Å²) in [5.41, 5.74) is 2.61. The number of aromatic nitrogens is 3. The fourth-order valence-electron chi connectivity index (χ4n) is 4.10. The van der Waals surface area contributed by atoms with Crippen LogP contribution < -0.4 is 16.0 Å². The van der Waals surface area contributed by atoms with Crippen LogP contribution in [0.15, 0.2) is 66.4 Å². The van der Waals surface area contributed by atoms with Gasteiger partial charge in [0, 0.05) is 36.0 Å². The molecule has 2 atom stereocenters. The van der Waals surface area contributed by atoms with Crippen molar-refractivity contribution in [1.82, 2.24) is 25.2 Å². The zero-order valence-corrected chi connectivity index (χ0v) is 23.4. The third-order valence-corrected chi connectivity index (χ3v) is 6.14. The number of hydrogen-bond donors (Lipinski definition) is 4. The van der Waals surface area contributed by atoms with Gasteiger partial charge >= 0.3 is 6.18 Å². The Morgan fingerprint density at radius 2 is 1.86 bits per heavy atom. The van der Waals surface area contributed by atoms with Crippen molar-refractivity contribution in [2.45, 2.75) is 39.1 Å². The summed E-state index contributed by atoms with van der Waals surface area (Å²) in [4.78, 5) is 29.3. The molecular weight excluding hydrogens is 553 g/mol. The minimum absolute atomic E-state index is 0.00160. The van der Waals surface area contributed by atoms with Crippen LogP contribution in [0.5, 0.6) is 0 Å². The highest BCUT2D eigenvalue weighted by Crippen LogP contribution is 2.24. The van der Waals surface area contributed by atoms with Crippen LogP contribution in [0, 0.1) is 5.41 Å². The van der Waals surface area contributed by atoms with Gasteiger partial charge in [-0.3, -0.25) is 9.59 Å². The molecule has 224 valence electrons. The molecule has 10 nitrogen and oxygen atoms in total. The van der Waals surface area contributed by atoms with Gasteiger partial charge in [-0.15, -0.1) is 5.10 Å². The highest BCUT2D eigenvalue weighted by Gasteiger charge is 2.32. The molecule has 0 bridgehead atoms. The molecular formula is C29H33F3N6O4. The number of alkyl halides is 3. The Kier molecular flexibility index (Phi) is 9.32. The Labute approximate surface area is 240 Å². The summed E-state index contributed by atoms with van der Waals surface area (Å²) in [6.07, 6.45) is 0.257. The van der Waals surface area contributed by atoms with Crippen molar-refractivity contribution in [2.75, 3.05) is 31.6 Å². The normalized spacial score (nSPS) is 17.2. The molecule has 0 saturated heterocycles. The molecule has 0 aliphatic heterocycles. The minimum Gasteiger partial charge on any atom is -0.395 e. The van der Waals surface area contributed by atoms with Gasteiger partial charge in [0.15, 0.2) is 5.65 Å². The highest BCUT2D eigenvalue weighted by atomic mass is 19.4. The van der Waals surface area contributed by atoms with E-state index in [1.165, 1.54) is 22.7 Å². The largest absolute Gasteiger partial charge is 0.411 e. The smallest absolute Gasteiger partial charge is 0.395 e. The number of fused-ring (bicyclic) bond motifs is 1. The molecule has 42 heavy (non-hydrogen) atoms. The second kappa shape index (κ2) is 12.7. The van der Waals surface area contributed by atoms with E-state index >= 15 is 0 Å². The summed E-state index contributed by atoms with van der Waals surface area (Å²) in [5, 5.41) is 21.7. The van der Waals surface area contributed by atoms with Gasteiger partial charge in [0.2, 0.25) is 5.95 Å². The molecule has 1 aromatic carbocycles. The fraction of sp³-hybridized carbons (Fsp3) is 0.379. The van der Waals surface area contributed by atoms with E-state index < -0.39 is 30.8 Å². The molecule has 0 radical (unpaired) electrons. The molecule has 2 aromatic heterocycles. The van der Waals surface area contributed by atoms with Crippen LogP contribution in [0.3, 0.4) is 0 Å². The van der Waals surface area contributed by atoms with Crippen LogP contribution in [-0.4, -0.2) is 76.1 Å². The fourth-order valence-corrected chi connectivity index (χ4v) is 4.10. The Morgan fingerprint density at radius 3 is 2.57 bits per heavy atom. The Bertz CT molecular complexity index is 1490. The number of halogens is 3. The molecule has 0 saturated carbocycles. The van der Waals surface area contributed by atoms with Crippen LogP contribution in [0.1, 0.15) is 31.1 Å². The van der Waals surface area contributed by atoms with Gasteiger partial charge in [0.25, 0.3) is 11.8 Å². The molecule has 2 amide bonds. The molecule has 1 aliphatic carbocycles. The number of pyridine rings is 1. The second-order valence-corrected chi connectivity index (χ2v) is 11.0. The summed E-state index contributed by atoms with van der Waals surface area (Å²) >= 11 is 0. The number of carbonyl (C=O) groups excluding carboxylic acids is 2. The average molecular weight is 587 g/mol. The maximum absolute atomic E-state index is 12.9. The highest BCUT2D eigenvalue weighted by molar-refractivity contribution is 5.96. The van der Waals surface area contributed by atoms with E-state index in [4.69, 9.17) is 9.84 Å². The van der Waals surface area contributed by atoms with Gasteiger partial charge in [-0.25, -0.2) is 4.52 Å². The minimum atomic E-state index is -4.57. The van der Waals surface area contributed by atoms with Gasteiger partial charge in [-0.1, -0.05) is 45.1 Å². The number of aliphatic hydroxyl groups excluding tert-OH is 1. The zero-order chi connectivity index (χ0) is 30.5. The molecule has 4 rings (SSSR count). The van der Waals surface area contributed by atoms with E-state index in [0.29, 0.717) is 17.8 Å². The number of anilines is 1. The Balaban J connectivity index is 1.52. The summed E-state index contributed by atoms with van der Waals surface area (Å²) in [6, 6.07) is 9.94. The van der Waals surface area contributed by atoms with E-state index in [9.17, 15) is 22.8 Å². The van der Waals surface area contributed by atoms with E-state index in [1.54, 1.807) is 30.5 Å². The van der Waals surface area contributed by atoms with Crippen molar-refractivity contribution in [3.05, 3.63) is 72.0 Å². The first-order valence-electron chi connectivity index (χ1n) is 13.3. The van der Waals surface area contributed by atoms with Crippen molar-refractivity contribution in [3.8, 4) is 11.1 Å². The van der Waals surface area contributed by atoms with Crippen molar-refractivity contribution in [1.29, 1.82) is 0 Å². The molecule has 13 heteroatoms. The van der Waals surface area contributed by atoms with Crippen LogP contribution >= 0.6 is 0 Å². The Morgan fingerprint density at radius 1 is 1.07 bits per heavy atom. The topological polar surface area (TPSA) is 130 Å². The monoisotopic (exact) mass is 586 g/mol. The molecule has 0 spiro atoms. The van der Waals surface area contributed by atoms with Gasteiger partial charge in [0.05, 0.1) is 12.6 Å². The number of aliphatic hydroxyl groups is 1. The van der Waals surface area contributed by atoms with Crippen LogP contribution in [0.2, 0.25) is 0 Å². The third kappa shape index (κ3) is 8.40. The zero-order valence-electron chi connectivity index (χ0n) is 23.4. The first kappa shape index (κ1) is 30.7. The average Bonchev–Trinajstić information content (AvgIpc) is 3.35. The maximum Gasteiger partial charge on any atom is 0.411 e. The first-order chi connectivity index (χ1) is 19.8. The van der Waals surface area contributed by atoms with Crippen molar-refractivity contribution >= 4 is 23.4 Å². The lowest BCUT2D eigenvalue weighted by Crippen LogP contribution is -2.39. The van der Waals surface area contributed by atoms with Crippen LogP contribution in [0.4, 0.5) is 19.1 Å². The predicted molar refractivity (Wildman–Crippen MR) is 151 cm³/mol. The predicted octanol–water partition coefficient (Wildman–Crippen LogP) is 3.50. The second-order valence-electron chi connectivity index (χ2n) is 11.0. The number of carbonyl (C=O) groups is 2. The summed E-state index contributed by atoms with van der Waals surface area (Å²) in [6.45, 7) is 4.85. The summed E-state index contributed by atoms with van der Waals surface area (Å²) < 4.78 is 45.4. The lowest BCUT2D eigenvalue weighted by Gasteiger charge is -2.27. The Hall–Kier alpha value is -4.23. The number of ether oxygens (including phenoxy) is 1. The molecule has 0 fully saturated rings. The first-order valence-corrected chi connectivity index (χ1v) is 13.3. The number of nitrogens with one attached hydrogen (secondary N) is 3. The van der Waals surface area contributed by atoms with Crippen LogP contribution in [0.25, 0.3) is 16.8 Å². The quantitative estimate of drug-likeness (QED) is 0.286. The molecule has 1 aliphatic rings. The molecule has 3 aromatic rings. The molecule has 2 heterocycles. The van der Waals surface area contributed by atoms with Gasteiger partial charge in [0.1, 0.15) is 12.7 Å². The van der Waals surface area contributed by atoms with Crippen molar-refractivity contribution in [2.24, 2.45) is 5.41 Å². The standard InChI is InChI=1S/C29H33F3N6O4/c1-28(2,3)16-34-26(41)19-6-4-5-18(13-19)21-8-10-24-36-27(37-38(24)15-21)35-22-9-7-20(25(40)33-11-12-39)14-23(22)42-17-29(30,31)32/h4-10,13-15,22-23,39H,11-12,16-17H2,1-3H3,(H,33,40)(H,34,41)(H,35,37). The van der Waals surface area contributed by atoms with Gasteiger partial charge < -0.3 is 25.8 Å². The molecule has 2 unspecified atom stereocenters. The van der Waals surface area contributed by atoms with Gasteiger partial charge in [-0.2, -0.15) is 18.2 Å². The van der Waals surface area contributed by atoms with Crippen molar-refractivity contribution < 1.29 is 32.6 Å². The number of hydrogen-bond acceptors (Lipinski definition) is 7. The van der Waals surface area contributed by atoms with E-state index in [0.717, 1.165) is 11.1 Å². The van der Waals surface area contributed by atoms with Crippen LogP contribution in [-0.2, 0) is 9.53 Å². The van der Waals surface area contributed by atoms with E-state index in [2.05, 4.69) is 26.0 Å². The number of rotatable bonds is 10. The maximum atomic E-state index is 12.9. The number of nitrogens with zero attached hydrogens (tertiary/aromatic N) is 3. The number of benzene rings is 1. The van der Waals surface area contributed by atoms with E-state index in [1.807, 2.05) is 32.9 Å². The lowest BCUT2D eigenvalue weighted by atomic mass is 9.96. The summed E-state index contributed by atoms with van der Waals surface area (Å²) in [5.74, 6) is -0.584. The SMILES string of the molecule is CC(C)(C)CNC(=O)c1cccc(-c2ccc3nc(NC4C=CC(C(=O)NCCO)=CC4OCC(F)(F)F)nn3c2)c1. The van der Waals surface area contributed by atoms with E-state index in [-0.39, 0.29) is 36.0 Å². The summed E-state index contributed by atoms with van der Waals surface area (Å²) in [7, 11) is 0. The lowest BCUT2D eigenvalue weighted by molar-refractivity contribution is -0.181. The molecule has 4 N–H and O–H groups in total. The third-order valence-electron chi connectivity index (χ3n) is 6.14. The van der Waals surface area contributed by atoms with Crippen molar-refractivity contribution in [3.63, 3.8) is 0 Å².